The number of amides is 3. The van der Waals surface area contributed by atoms with Crippen molar-refractivity contribution in [1.82, 2.24) is 9.96 Å². The van der Waals surface area contributed by atoms with Crippen LogP contribution in [0.1, 0.15) is 43.7 Å². The van der Waals surface area contributed by atoms with Crippen molar-refractivity contribution in [2.45, 2.75) is 58.0 Å². The van der Waals surface area contributed by atoms with E-state index in [1.807, 2.05) is 32.0 Å². The molecule has 1 radical (unpaired) electrons. The number of hydrogen-bond acceptors (Lipinski definition) is 9. The monoisotopic (exact) mass is 679 g/mol. The fraction of sp³-hybridized carbons (Fsp3) is 0.448. The molecule has 4 rings (SSSR count). The Hall–Kier alpha value is -3.13. The number of halogens is 1. The molecule has 1 unspecified atom stereocenters. The molecule has 0 saturated carbocycles. The standard InChI is InChI=1S/C14H16FNO4.C9H11NO2.C6H12N2O2.Y/c1-9-2-7-13(18)16(9)12(14(19)20-15)8-10-3-5-11(17)6-4-10;1-7-4-2-3-5-8(7)12-6-9(10)11;7-6(9)5-1-3-8(10)4-2-5;/h3-6,9,12,17H,2,7-8H2,1H3;2-5H,6H2,1H3,(H2,10,11);5,10H,1-4H2,(H2,7,9);/t9?,12-;;;/m0.../s1. The molecule has 6 N–H and O–H groups in total. The Morgan fingerprint density at radius 3 is 2.14 bits per heavy atom. The van der Waals surface area contributed by atoms with Gasteiger partial charge in [-0.1, -0.05) is 30.3 Å². The molecule has 2 saturated heterocycles. The van der Waals surface area contributed by atoms with E-state index in [0.717, 1.165) is 5.56 Å². The Balaban J connectivity index is 0.000000345. The number of phenols is 1. The first-order valence-corrected chi connectivity index (χ1v) is 13.5. The summed E-state index contributed by atoms with van der Waals surface area (Å²) >= 11 is 0. The fourth-order valence-electron chi connectivity index (χ4n) is 4.55. The Morgan fingerprint density at radius 1 is 1.05 bits per heavy atom. The maximum absolute atomic E-state index is 12.3. The average Bonchev–Trinajstić information content (AvgIpc) is 3.30. The molecule has 14 heteroatoms. The van der Waals surface area contributed by atoms with E-state index in [1.54, 1.807) is 18.2 Å². The molecular formula is C29H39FN4O8Y. The molecule has 2 aliphatic heterocycles. The number of nitrogens with two attached hydrogens (primary N) is 2. The van der Waals surface area contributed by atoms with Crippen LogP contribution in [-0.2, 0) is 63.2 Å². The summed E-state index contributed by atoms with van der Waals surface area (Å²) < 4.78 is 17.4. The van der Waals surface area contributed by atoms with Crippen LogP contribution in [0.3, 0.4) is 0 Å². The van der Waals surface area contributed by atoms with E-state index >= 15 is 0 Å². The first-order valence-electron chi connectivity index (χ1n) is 13.5. The van der Waals surface area contributed by atoms with Crippen molar-refractivity contribution >= 4 is 23.7 Å². The van der Waals surface area contributed by atoms with Gasteiger partial charge in [0.1, 0.15) is 17.5 Å². The third kappa shape index (κ3) is 13.0. The van der Waals surface area contributed by atoms with E-state index in [4.69, 9.17) is 21.4 Å². The largest absolute Gasteiger partial charge is 0.508 e. The van der Waals surface area contributed by atoms with Crippen LogP contribution >= 0.6 is 0 Å². The van der Waals surface area contributed by atoms with Crippen LogP contribution in [0.2, 0.25) is 0 Å². The van der Waals surface area contributed by atoms with Crippen molar-refractivity contribution in [3.63, 3.8) is 0 Å². The number of para-hydroxylation sites is 1. The number of carbonyl (C=O) groups is 4. The number of nitrogens with zero attached hydrogens (tertiary/aromatic N) is 2. The Kier molecular flexibility index (Phi) is 16.9. The Bertz CT molecular complexity index is 1200. The van der Waals surface area contributed by atoms with Crippen LogP contribution < -0.4 is 16.2 Å². The van der Waals surface area contributed by atoms with Gasteiger partial charge in [-0.3, -0.25) is 19.3 Å². The summed E-state index contributed by atoms with van der Waals surface area (Å²) in [5.74, 6) is -1.16. The summed E-state index contributed by atoms with van der Waals surface area (Å²) in [4.78, 5) is 49.2. The Labute approximate surface area is 275 Å². The van der Waals surface area contributed by atoms with Gasteiger partial charge in [0.25, 0.3) is 5.91 Å². The number of aromatic hydroxyl groups is 1. The van der Waals surface area contributed by atoms with E-state index < -0.39 is 17.9 Å². The van der Waals surface area contributed by atoms with E-state index in [0.29, 0.717) is 50.1 Å². The van der Waals surface area contributed by atoms with Gasteiger partial charge in [0.15, 0.2) is 6.61 Å². The van der Waals surface area contributed by atoms with Crippen molar-refractivity contribution < 1.29 is 76.4 Å². The zero-order valence-corrected chi connectivity index (χ0v) is 27.2. The van der Waals surface area contributed by atoms with E-state index in [1.165, 1.54) is 22.1 Å². The van der Waals surface area contributed by atoms with Gasteiger partial charge >= 0.3 is 5.97 Å². The van der Waals surface area contributed by atoms with Crippen molar-refractivity contribution in [2.24, 2.45) is 17.4 Å². The number of hydrogen-bond donors (Lipinski definition) is 4. The molecule has 43 heavy (non-hydrogen) atoms. The SMILES string of the molecule is CC1CCC(=O)N1[C@@H](Cc1ccc(O)cc1)C(=O)OF.Cc1ccccc1OCC(N)=O.NC(=O)C1CCN(O)CC1.[Y]. The van der Waals surface area contributed by atoms with Crippen LogP contribution in [0.15, 0.2) is 48.5 Å². The molecule has 2 fully saturated rings. The minimum absolute atomic E-state index is 0. The fourth-order valence-corrected chi connectivity index (χ4v) is 4.55. The normalized spacial score (nSPS) is 17.3. The van der Waals surface area contributed by atoms with E-state index in [9.17, 15) is 28.8 Å². The second-order valence-corrected chi connectivity index (χ2v) is 10.1. The van der Waals surface area contributed by atoms with Crippen molar-refractivity contribution in [3.8, 4) is 11.5 Å². The summed E-state index contributed by atoms with van der Waals surface area (Å²) in [5.41, 5.74) is 11.7. The predicted octanol–water partition coefficient (Wildman–Crippen LogP) is 2.17. The summed E-state index contributed by atoms with van der Waals surface area (Å²) in [5, 5.41) is 19.3. The second kappa shape index (κ2) is 19.2. The molecule has 2 aromatic rings. The van der Waals surface area contributed by atoms with Gasteiger partial charge in [-0.05, 0) is 62.4 Å². The number of aryl methyl sites for hydroxylation is 1. The number of phenolic OH excluding ortho intramolecular Hbond substituents is 1. The first-order chi connectivity index (χ1) is 19.9. The number of ether oxygens (including phenoxy) is 1. The van der Waals surface area contributed by atoms with Crippen LogP contribution in [0.4, 0.5) is 4.53 Å². The second-order valence-electron chi connectivity index (χ2n) is 10.1. The van der Waals surface area contributed by atoms with Gasteiger partial charge in [0.05, 0.1) is 0 Å². The zero-order valence-electron chi connectivity index (χ0n) is 24.4. The number of primary amides is 2. The molecule has 3 amide bonds. The molecule has 2 aromatic carbocycles. The third-order valence-electron chi connectivity index (χ3n) is 6.93. The van der Waals surface area contributed by atoms with Crippen molar-refractivity contribution in [3.05, 3.63) is 59.7 Å². The maximum Gasteiger partial charge on any atom is 0.371 e. The minimum atomic E-state index is -1.07. The maximum atomic E-state index is 12.3. The molecule has 2 atom stereocenters. The van der Waals surface area contributed by atoms with Gasteiger partial charge < -0.3 is 31.4 Å². The first kappa shape index (κ1) is 37.9. The van der Waals surface area contributed by atoms with Gasteiger partial charge in [0.2, 0.25) is 11.8 Å². The van der Waals surface area contributed by atoms with Crippen molar-refractivity contribution in [2.75, 3.05) is 19.7 Å². The van der Waals surface area contributed by atoms with Crippen molar-refractivity contribution in [1.29, 1.82) is 0 Å². The van der Waals surface area contributed by atoms with Crippen LogP contribution in [-0.4, -0.2) is 75.7 Å². The van der Waals surface area contributed by atoms with Crippen LogP contribution in [0, 0.1) is 12.8 Å². The van der Waals surface area contributed by atoms with Gasteiger partial charge in [-0.15, -0.1) is 0 Å². The quantitative estimate of drug-likeness (QED) is 0.325. The molecule has 0 spiro atoms. The summed E-state index contributed by atoms with van der Waals surface area (Å²) in [6, 6.07) is 12.6. The van der Waals surface area contributed by atoms with Gasteiger partial charge in [0, 0.05) is 75.1 Å². The number of benzene rings is 2. The molecular weight excluding hydrogens is 640 g/mol. The predicted molar refractivity (Wildman–Crippen MR) is 149 cm³/mol. The molecule has 2 aliphatic rings. The van der Waals surface area contributed by atoms with Crippen LogP contribution in [0.25, 0.3) is 0 Å². The molecule has 2 heterocycles. The smallest absolute Gasteiger partial charge is 0.371 e. The van der Waals surface area contributed by atoms with E-state index in [2.05, 4.69) is 4.94 Å². The minimum Gasteiger partial charge on any atom is -0.508 e. The third-order valence-corrected chi connectivity index (χ3v) is 6.93. The zero-order chi connectivity index (χ0) is 31.2. The van der Waals surface area contributed by atoms with E-state index in [-0.39, 0.29) is 75.3 Å². The average molecular weight is 680 g/mol. The molecule has 12 nitrogen and oxygen atoms in total. The molecule has 233 valence electrons. The molecule has 0 aliphatic carbocycles. The van der Waals surface area contributed by atoms with Crippen LogP contribution in [0.5, 0.6) is 11.5 Å². The molecule has 0 aromatic heterocycles. The summed E-state index contributed by atoms with van der Waals surface area (Å²) in [7, 11) is 0. The number of hydroxylamine groups is 2. The number of piperidine rings is 1. The number of likely N-dealkylation sites (tertiary alicyclic amines) is 1. The topological polar surface area (TPSA) is 186 Å². The molecule has 0 bridgehead atoms. The summed E-state index contributed by atoms with van der Waals surface area (Å²) in [6.45, 7) is 4.79. The van der Waals surface area contributed by atoms with Gasteiger partial charge in [-0.25, -0.2) is 4.79 Å². The number of carbonyl (C=O) groups excluding carboxylic acids is 4. The number of rotatable bonds is 8. The Morgan fingerprint density at radius 2 is 1.65 bits per heavy atom. The van der Waals surface area contributed by atoms with Gasteiger partial charge in [-0.2, -0.15) is 5.06 Å². The summed E-state index contributed by atoms with van der Waals surface area (Å²) in [6.07, 6.45) is 2.52.